The van der Waals surface area contributed by atoms with Gasteiger partial charge in [-0.25, -0.2) is 9.37 Å². The molecule has 1 saturated heterocycles. The van der Waals surface area contributed by atoms with Crippen LogP contribution < -0.4 is 0 Å². The van der Waals surface area contributed by atoms with Crippen molar-refractivity contribution in [2.24, 2.45) is 0 Å². The standard InChI is InChI=1S/C17H17ClFN3O/c1-12-10-21-15(11-20-12)16(23)22-8-6-17(19,7-9-22)13-4-2-3-5-14(13)18/h2-5,10-11H,6-9H2,1H3. The molecule has 1 aliphatic heterocycles. The molecular weight excluding hydrogens is 317 g/mol. The van der Waals surface area contributed by atoms with Crippen LogP contribution in [0.3, 0.4) is 0 Å². The van der Waals surface area contributed by atoms with Crippen molar-refractivity contribution < 1.29 is 9.18 Å². The number of benzene rings is 1. The lowest BCUT2D eigenvalue weighted by Gasteiger charge is -2.36. The molecule has 0 atom stereocenters. The third-order valence-corrected chi connectivity index (χ3v) is 4.53. The Morgan fingerprint density at radius 1 is 1.22 bits per heavy atom. The Hall–Kier alpha value is -2.01. The van der Waals surface area contributed by atoms with Crippen molar-refractivity contribution in [3.63, 3.8) is 0 Å². The number of amides is 1. The van der Waals surface area contributed by atoms with E-state index >= 15 is 4.39 Å². The molecule has 0 radical (unpaired) electrons. The Kier molecular flexibility index (Phi) is 4.31. The molecule has 2 heterocycles. The number of aryl methyl sites for hydroxylation is 1. The van der Waals surface area contributed by atoms with Crippen molar-refractivity contribution in [1.82, 2.24) is 14.9 Å². The maximum Gasteiger partial charge on any atom is 0.274 e. The highest BCUT2D eigenvalue weighted by atomic mass is 35.5. The minimum atomic E-state index is -1.49. The zero-order chi connectivity index (χ0) is 16.4. The first-order valence-electron chi connectivity index (χ1n) is 7.51. The predicted molar refractivity (Wildman–Crippen MR) is 86.1 cm³/mol. The first kappa shape index (κ1) is 15.9. The lowest BCUT2D eigenvalue weighted by atomic mass is 9.86. The van der Waals surface area contributed by atoms with Crippen molar-refractivity contribution >= 4 is 17.5 Å². The molecule has 1 aliphatic rings. The third kappa shape index (κ3) is 3.20. The Labute approximate surface area is 139 Å². The summed E-state index contributed by atoms with van der Waals surface area (Å²) in [6.45, 7) is 2.47. The highest BCUT2D eigenvalue weighted by Gasteiger charge is 2.39. The molecule has 1 aromatic carbocycles. The molecule has 0 bridgehead atoms. The second kappa shape index (κ2) is 6.24. The van der Waals surface area contributed by atoms with Crippen molar-refractivity contribution in [2.75, 3.05) is 13.1 Å². The Bertz CT molecular complexity index is 712. The molecule has 120 valence electrons. The summed E-state index contributed by atoms with van der Waals surface area (Å²) >= 11 is 6.12. The van der Waals surface area contributed by atoms with E-state index in [1.165, 1.54) is 6.20 Å². The molecule has 0 saturated carbocycles. The van der Waals surface area contributed by atoms with Crippen LogP contribution in [0.1, 0.15) is 34.6 Å². The average molecular weight is 334 g/mol. The zero-order valence-electron chi connectivity index (χ0n) is 12.8. The van der Waals surface area contributed by atoms with Crippen LogP contribution in [0.15, 0.2) is 36.7 Å². The molecule has 4 nitrogen and oxygen atoms in total. The van der Waals surface area contributed by atoms with Crippen LogP contribution >= 0.6 is 11.6 Å². The Morgan fingerprint density at radius 2 is 1.91 bits per heavy atom. The van der Waals surface area contributed by atoms with Crippen molar-refractivity contribution in [1.29, 1.82) is 0 Å². The summed E-state index contributed by atoms with van der Waals surface area (Å²) in [5, 5.41) is 0.430. The quantitative estimate of drug-likeness (QED) is 0.844. The number of likely N-dealkylation sites (tertiary alicyclic amines) is 1. The number of nitrogens with zero attached hydrogens (tertiary/aromatic N) is 3. The van der Waals surface area contributed by atoms with Gasteiger partial charge in [0.25, 0.3) is 5.91 Å². The van der Waals surface area contributed by atoms with Crippen LogP contribution in [-0.2, 0) is 5.67 Å². The van der Waals surface area contributed by atoms with Crippen LogP contribution in [0.5, 0.6) is 0 Å². The lowest BCUT2D eigenvalue weighted by Crippen LogP contribution is -2.43. The van der Waals surface area contributed by atoms with E-state index in [0.717, 1.165) is 5.69 Å². The zero-order valence-corrected chi connectivity index (χ0v) is 13.6. The van der Waals surface area contributed by atoms with Crippen molar-refractivity contribution in [3.8, 4) is 0 Å². The van der Waals surface area contributed by atoms with Gasteiger partial charge < -0.3 is 4.90 Å². The monoisotopic (exact) mass is 333 g/mol. The summed E-state index contributed by atoms with van der Waals surface area (Å²) in [4.78, 5) is 22.2. The fraction of sp³-hybridized carbons (Fsp3) is 0.353. The highest BCUT2D eigenvalue weighted by Crippen LogP contribution is 2.40. The van der Waals surface area contributed by atoms with Gasteiger partial charge in [-0.15, -0.1) is 0 Å². The maximum atomic E-state index is 15.2. The van der Waals surface area contributed by atoms with Gasteiger partial charge in [-0.1, -0.05) is 29.8 Å². The van der Waals surface area contributed by atoms with Crippen LogP contribution in [0, 0.1) is 6.92 Å². The first-order valence-corrected chi connectivity index (χ1v) is 7.89. The van der Waals surface area contributed by atoms with E-state index in [1.54, 1.807) is 35.4 Å². The smallest absolute Gasteiger partial charge is 0.274 e. The van der Waals surface area contributed by atoms with Gasteiger partial charge in [-0.2, -0.15) is 0 Å². The molecule has 3 rings (SSSR count). The van der Waals surface area contributed by atoms with E-state index in [0.29, 0.717) is 29.4 Å². The molecule has 0 spiro atoms. The fourth-order valence-electron chi connectivity index (χ4n) is 2.82. The van der Waals surface area contributed by atoms with Gasteiger partial charge in [0, 0.05) is 42.7 Å². The van der Waals surface area contributed by atoms with E-state index in [4.69, 9.17) is 11.6 Å². The molecule has 1 aromatic heterocycles. The summed E-state index contributed by atoms with van der Waals surface area (Å²) in [5.41, 5.74) is 0.0546. The maximum absolute atomic E-state index is 15.2. The SMILES string of the molecule is Cc1cnc(C(=O)N2CCC(F)(c3ccccc3Cl)CC2)cn1. The van der Waals surface area contributed by atoms with Gasteiger partial charge in [0.1, 0.15) is 11.4 Å². The number of hydrogen-bond acceptors (Lipinski definition) is 3. The minimum Gasteiger partial charge on any atom is -0.337 e. The van der Waals surface area contributed by atoms with Gasteiger partial charge in [0.2, 0.25) is 0 Å². The molecule has 0 N–H and O–H groups in total. The van der Waals surface area contributed by atoms with E-state index in [-0.39, 0.29) is 18.7 Å². The van der Waals surface area contributed by atoms with Crippen molar-refractivity contribution in [2.45, 2.75) is 25.4 Å². The number of rotatable bonds is 2. The summed E-state index contributed by atoms with van der Waals surface area (Å²) in [6.07, 6.45) is 3.47. The molecule has 0 aliphatic carbocycles. The highest BCUT2D eigenvalue weighted by molar-refractivity contribution is 6.31. The largest absolute Gasteiger partial charge is 0.337 e. The van der Waals surface area contributed by atoms with E-state index in [2.05, 4.69) is 9.97 Å². The van der Waals surface area contributed by atoms with Gasteiger partial charge in [-0.05, 0) is 13.0 Å². The van der Waals surface area contributed by atoms with Gasteiger partial charge in [0.05, 0.1) is 11.9 Å². The predicted octanol–water partition coefficient (Wildman–Crippen LogP) is 3.54. The molecule has 1 fully saturated rings. The number of aromatic nitrogens is 2. The fourth-order valence-corrected chi connectivity index (χ4v) is 3.13. The molecule has 0 unspecified atom stereocenters. The number of halogens is 2. The topological polar surface area (TPSA) is 46.1 Å². The van der Waals surface area contributed by atoms with Crippen LogP contribution in [0.4, 0.5) is 4.39 Å². The van der Waals surface area contributed by atoms with E-state index in [1.807, 2.05) is 6.92 Å². The second-order valence-corrected chi connectivity index (χ2v) is 6.19. The Morgan fingerprint density at radius 3 is 2.52 bits per heavy atom. The second-order valence-electron chi connectivity index (χ2n) is 5.78. The summed E-state index contributed by atoms with van der Waals surface area (Å²) < 4.78 is 15.2. The van der Waals surface area contributed by atoms with E-state index < -0.39 is 5.67 Å². The molecule has 2 aromatic rings. The van der Waals surface area contributed by atoms with Crippen molar-refractivity contribution in [3.05, 3.63) is 58.6 Å². The van der Waals surface area contributed by atoms with Gasteiger partial charge >= 0.3 is 0 Å². The number of carbonyl (C=O) groups excluding carboxylic acids is 1. The number of piperidine rings is 1. The molecule has 1 amide bonds. The minimum absolute atomic E-state index is 0.210. The van der Waals surface area contributed by atoms with Crippen LogP contribution in [-0.4, -0.2) is 33.9 Å². The number of hydrogen-bond donors (Lipinski definition) is 0. The third-order valence-electron chi connectivity index (χ3n) is 4.20. The summed E-state index contributed by atoms with van der Waals surface area (Å²) in [7, 11) is 0. The van der Waals surface area contributed by atoms with Gasteiger partial charge in [0.15, 0.2) is 0 Å². The van der Waals surface area contributed by atoms with Crippen LogP contribution in [0.2, 0.25) is 5.02 Å². The normalized spacial score (nSPS) is 17.1. The van der Waals surface area contributed by atoms with E-state index in [9.17, 15) is 4.79 Å². The molecule has 23 heavy (non-hydrogen) atoms. The summed E-state index contributed by atoms with van der Waals surface area (Å²) in [5.74, 6) is -0.210. The number of carbonyl (C=O) groups is 1. The Balaban J connectivity index is 1.72. The summed E-state index contributed by atoms with van der Waals surface area (Å²) in [6, 6.07) is 6.97. The van der Waals surface area contributed by atoms with Gasteiger partial charge in [-0.3, -0.25) is 9.78 Å². The molecular formula is C17H17ClFN3O. The number of alkyl halides is 1. The van der Waals surface area contributed by atoms with Crippen LogP contribution in [0.25, 0.3) is 0 Å². The molecule has 6 heteroatoms. The average Bonchev–Trinajstić information content (AvgIpc) is 2.56. The first-order chi connectivity index (χ1) is 11.0. The lowest BCUT2D eigenvalue weighted by molar-refractivity contribution is 0.0417.